The lowest BCUT2D eigenvalue weighted by atomic mass is 10.1. The van der Waals surface area contributed by atoms with Crippen LogP contribution >= 0.6 is 0 Å². The molecule has 2 aromatic carbocycles. The number of hydrogen-bond acceptors (Lipinski definition) is 5. The van der Waals surface area contributed by atoms with Crippen LogP contribution in [-0.2, 0) is 14.8 Å². The highest BCUT2D eigenvalue weighted by molar-refractivity contribution is 7.92. The third-order valence-corrected chi connectivity index (χ3v) is 6.11. The number of carbonyl (C=O) groups is 1. The summed E-state index contributed by atoms with van der Waals surface area (Å²) in [5.74, 6) is -0.560. The van der Waals surface area contributed by atoms with Crippen molar-refractivity contribution in [2.75, 3.05) is 10.8 Å². The second kappa shape index (κ2) is 9.32. The molecule has 0 saturated carbocycles. The highest BCUT2D eigenvalue weighted by Gasteiger charge is 2.28. The van der Waals surface area contributed by atoms with Gasteiger partial charge in [0.25, 0.3) is 15.9 Å². The van der Waals surface area contributed by atoms with Gasteiger partial charge in [0, 0.05) is 18.0 Å². The molecule has 1 aromatic heterocycles. The number of amides is 1. The number of aryl methyl sites for hydroxylation is 2. The Labute approximate surface area is 176 Å². The van der Waals surface area contributed by atoms with Crippen molar-refractivity contribution < 1.29 is 13.2 Å². The Morgan fingerprint density at radius 1 is 1.10 bits per heavy atom. The van der Waals surface area contributed by atoms with Gasteiger partial charge in [-0.05, 0) is 49.2 Å². The summed E-state index contributed by atoms with van der Waals surface area (Å²) in [7, 11) is -3.96. The molecule has 0 aliphatic heterocycles. The number of carbonyl (C=O) groups excluding carboxylic acids is 1. The van der Waals surface area contributed by atoms with Crippen LogP contribution in [-0.4, -0.2) is 32.1 Å². The minimum absolute atomic E-state index is 0.109. The van der Waals surface area contributed by atoms with Crippen LogP contribution in [0.3, 0.4) is 0 Å². The molecule has 0 bridgehead atoms. The number of sulfonamides is 1. The Kier molecular flexibility index (Phi) is 6.58. The summed E-state index contributed by atoms with van der Waals surface area (Å²) in [6, 6.07) is 17.0. The standard InChI is InChI=1S/C22H22N4O3S/c1-17-10-11-18(2)21(13-17)26(30(28,29)20-8-4-3-5-9-20)16-22(27)25-24-15-19-7-6-12-23-14-19/h3-15H,16H2,1-2H3,(H,25,27)/b24-15-. The number of anilines is 1. The predicted molar refractivity (Wildman–Crippen MR) is 117 cm³/mol. The minimum Gasteiger partial charge on any atom is -0.271 e. The first-order chi connectivity index (χ1) is 14.4. The topological polar surface area (TPSA) is 91.7 Å². The zero-order valence-electron chi connectivity index (χ0n) is 16.7. The van der Waals surface area contributed by atoms with Gasteiger partial charge in [0.2, 0.25) is 0 Å². The van der Waals surface area contributed by atoms with E-state index in [1.807, 2.05) is 19.1 Å². The van der Waals surface area contributed by atoms with Gasteiger partial charge >= 0.3 is 0 Å². The maximum atomic E-state index is 13.3. The third kappa shape index (κ3) is 5.09. The molecule has 3 rings (SSSR count). The fourth-order valence-corrected chi connectivity index (χ4v) is 4.30. The quantitative estimate of drug-likeness (QED) is 0.468. The van der Waals surface area contributed by atoms with Gasteiger partial charge in [-0.3, -0.25) is 14.1 Å². The van der Waals surface area contributed by atoms with Crippen LogP contribution in [0.15, 0.2) is 83.1 Å². The van der Waals surface area contributed by atoms with Crippen LogP contribution in [0.25, 0.3) is 0 Å². The maximum Gasteiger partial charge on any atom is 0.264 e. The Hall–Kier alpha value is -3.52. The molecule has 0 radical (unpaired) electrons. The number of hydrogen-bond donors (Lipinski definition) is 1. The lowest BCUT2D eigenvalue weighted by Gasteiger charge is -2.25. The van der Waals surface area contributed by atoms with E-state index < -0.39 is 22.5 Å². The summed E-state index contributed by atoms with van der Waals surface area (Å²) in [4.78, 5) is 16.6. The predicted octanol–water partition coefficient (Wildman–Crippen LogP) is 3.04. The first-order valence-electron chi connectivity index (χ1n) is 9.25. The van der Waals surface area contributed by atoms with E-state index >= 15 is 0 Å². The molecular weight excluding hydrogens is 400 g/mol. The number of pyridine rings is 1. The van der Waals surface area contributed by atoms with Gasteiger partial charge in [0.05, 0.1) is 16.8 Å². The van der Waals surface area contributed by atoms with Crippen LogP contribution in [0, 0.1) is 13.8 Å². The average molecular weight is 423 g/mol. The number of rotatable bonds is 7. The highest BCUT2D eigenvalue weighted by Crippen LogP contribution is 2.27. The molecule has 0 unspecified atom stereocenters. The SMILES string of the molecule is Cc1ccc(C)c(N(CC(=O)N/N=C\c2cccnc2)S(=O)(=O)c2ccccc2)c1. The molecule has 1 N–H and O–H groups in total. The summed E-state index contributed by atoms with van der Waals surface area (Å²) in [6.45, 7) is 3.27. The van der Waals surface area contributed by atoms with Gasteiger partial charge in [-0.25, -0.2) is 13.8 Å². The molecule has 7 nitrogen and oxygen atoms in total. The minimum atomic E-state index is -3.96. The van der Waals surface area contributed by atoms with Crippen LogP contribution < -0.4 is 9.73 Å². The van der Waals surface area contributed by atoms with Crippen molar-refractivity contribution in [3.05, 3.63) is 89.7 Å². The second-order valence-corrected chi connectivity index (χ2v) is 8.56. The monoisotopic (exact) mass is 422 g/mol. The zero-order valence-corrected chi connectivity index (χ0v) is 17.5. The molecule has 0 saturated heterocycles. The number of aromatic nitrogens is 1. The molecule has 1 amide bonds. The van der Waals surface area contributed by atoms with Crippen molar-refractivity contribution in [3.63, 3.8) is 0 Å². The molecule has 0 aliphatic rings. The Morgan fingerprint density at radius 2 is 1.87 bits per heavy atom. The largest absolute Gasteiger partial charge is 0.271 e. The summed E-state index contributed by atoms with van der Waals surface area (Å²) >= 11 is 0. The van der Waals surface area contributed by atoms with Gasteiger partial charge in [-0.15, -0.1) is 0 Å². The molecule has 0 spiro atoms. The van der Waals surface area contributed by atoms with Gasteiger partial charge in [-0.2, -0.15) is 5.10 Å². The van der Waals surface area contributed by atoms with Crippen molar-refractivity contribution >= 4 is 27.8 Å². The Balaban J connectivity index is 1.89. The zero-order chi connectivity index (χ0) is 21.6. The van der Waals surface area contributed by atoms with E-state index in [2.05, 4.69) is 15.5 Å². The normalized spacial score (nSPS) is 11.4. The molecule has 30 heavy (non-hydrogen) atoms. The molecule has 1 heterocycles. The number of benzene rings is 2. The van der Waals surface area contributed by atoms with Crippen LogP contribution in [0.1, 0.15) is 16.7 Å². The van der Waals surface area contributed by atoms with Crippen molar-refractivity contribution in [3.8, 4) is 0 Å². The Morgan fingerprint density at radius 3 is 2.57 bits per heavy atom. The van der Waals surface area contributed by atoms with Gasteiger partial charge in [0.1, 0.15) is 6.54 Å². The first-order valence-corrected chi connectivity index (χ1v) is 10.7. The fraction of sp³-hybridized carbons (Fsp3) is 0.136. The average Bonchev–Trinajstić information content (AvgIpc) is 2.75. The smallest absolute Gasteiger partial charge is 0.264 e. The second-order valence-electron chi connectivity index (χ2n) is 6.69. The third-order valence-electron chi connectivity index (χ3n) is 4.34. The van der Waals surface area contributed by atoms with E-state index in [4.69, 9.17) is 0 Å². The van der Waals surface area contributed by atoms with Crippen LogP contribution in [0.4, 0.5) is 5.69 Å². The maximum absolute atomic E-state index is 13.3. The van der Waals surface area contributed by atoms with E-state index in [0.29, 0.717) is 11.3 Å². The van der Waals surface area contributed by atoms with Crippen molar-refractivity contribution in [2.24, 2.45) is 5.10 Å². The number of nitrogens with one attached hydrogen (secondary N) is 1. The molecular formula is C22H22N4O3S. The van der Waals surface area contributed by atoms with E-state index in [9.17, 15) is 13.2 Å². The number of nitrogens with zero attached hydrogens (tertiary/aromatic N) is 3. The Bertz CT molecular complexity index is 1150. The van der Waals surface area contributed by atoms with Gasteiger partial charge < -0.3 is 0 Å². The summed E-state index contributed by atoms with van der Waals surface area (Å²) < 4.78 is 27.8. The summed E-state index contributed by atoms with van der Waals surface area (Å²) in [6.07, 6.45) is 4.67. The molecule has 0 fully saturated rings. The van der Waals surface area contributed by atoms with Crippen LogP contribution in [0.5, 0.6) is 0 Å². The fourth-order valence-electron chi connectivity index (χ4n) is 2.80. The lowest BCUT2D eigenvalue weighted by molar-refractivity contribution is -0.119. The van der Waals surface area contributed by atoms with E-state index in [-0.39, 0.29) is 4.90 Å². The summed E-state index contributed by atoms with van der Waals surface area (Å²) in [5, 5.41) is 3.90. The molecule has 154 valence electrons. The van der Waals surface area contributed by atoms with E-state index in [1.54, 1.807) is 55.7 Å². The van der Waals surface area contributed by atoms with Crippen molar-refractivity contribution in [2.45, 2.75) is 18.7 Å². The van der Waals surface area contributed by atoms with Crippen molar-refractivity contribution in [1.29, 1.82) is 0 Å². The van der Waals surface area contributed by atoms with E-state index in [1.165, 1.54) is 18.3 Å². The summed E-state index contributed by atoms with van der Waals surface area (Å²) in [5.41, 5.74) is 5.17. The molecule has 8 heteroatoms. The van der Waals surface area contributed by atoms with Gasteiger partial charge in [0.15, 0.2) is 0 Å². The highest BCUT2D eigenvalue weighted by atomic mass is 32.2. The molecule has 3 aromatic rings. The first kappa shape index (κ1) is 21.2. The number of hydrazone groups is 1. The van der Waals surface area contributed by atoms with Crippen LogP contribution in [0.2, 0.25) is 0 Å². The molecule has 0 atom stereocenters. The lowest BCUT2D eigenvalue weighted by Crippen LogP contribution is -2.40. The van der Waals surface area contributed by atoms with E-state index in [0.717, 1.165) is 15.4 Å². The van der Waals surface area contributed by atoms with Crippen molar-refractivity contribution in [1.82, 2.24) is 10.4 Å². The van der Waals surface area contributed by atoms with Gasteiger partial charge in [-0.1, -0.05) is 36.4 Å². The molecule has 0 aliphatic carbocycles.